The first-order valence-electron chi connectivity index (χ1n) is 12.5. The highest BCUT2D eigenvalue weighted by Crippen LogP contribution is 2.56. The number of benzene rings is 2. The summed E-state index contributed by atoms with van der Waals surface area (Å²) in [5.74, 6) is -1.68. The number of hydrogen-bond acceptors (Lipinski definition) is 5. The van der Waals surface area contributed by atoms with E-state index in [0.29, 0.717) is 25.1 Å². The molecule has 7 nitrogen and oxygen atoms in total. The lowest BCUT2D eigenvalue weighted by Crippen LogP contribution is -2.39. The number of pyridine rings is 1. The molecule has 2 aliphatic rings. The van der Waals surface area contributed by atoms with Crippen molar-refractivity contribution in [2.24, 2.45) is 11.3 Å². The molecule has 2 heterocycles. The van der Waals surface area contributed by atoms with Gasteiger partial charge in [0.25, 0.3) is 0 Å². The molecule has 1 aliphatic heterocycles. The van der Waals surface area contributed by atoms with Crippen LogP contribution in [0.4, 0.5) is 4.39 Å². The molecule has 0 radical (unpaired) electrons. The number of carbonyl (C=O) groups excluding carboxylic acids is 2. The van der Waals surface area contributed by atoms with Crippen LogP contribution in [0, 0.1) is 17.2 Å². The molecule has 0 bridgehead atoms. The molecule has 1 saturated heterocycles. The van der Waals surface area contributed by atoms with Crippen LogP contribution in [-0.2, 0) is 29.0 Å². The smallest absolute Gasteiger partial charge is 0.247 e. The average Bonchev–Trinajstić information content (AvgIpc) is 3.35. The number of halogens is 1. The van der Waals surface area contributed by atoms with Crippen molar-refractivity contribution < 1.29 is 23.9 Å². The average molecular weight is 492 g/mol. The maximum Gasteiger partial charge on any atom is 0.247 e. The van der Waals surface area contributed by atoms with Gasteiger partial charge in [0.15, 0.2) is 11.6 Å². The number of hydrogen-bond donors (Lipinski definition) is 2. The summed E-state index contributed by atoms with van der Waals surface area (Å²) in [6, 6.07) is 14.5. The maximum atomic E-state index is 15.1. The highest BCUT2D eigenvalue weighted by Gasteiger charge is 2.64. The van der Waals surface area contributed by atoms with Gasteiger partial charge < -0.3 is 9.64 Å². The molecular formula is C28H30FN3O4. The molecule has 3 aromatic rings. The first-order valence-corrected chi connectivity index (χ1v) is 12.5. The topological polar surface area (TPSA) is 91.8 Å². The van der Waals surface area contributed by atoms with E-state index < -0.39 is 23.1 Å². The van der Waals surface area contributed by atoms with Crippen molar-refractivity contribution >= 4 is 22.7 Å². The number of hydroxylamine groups is 1. The summed E-state index contributed by atoms with van der Waals surface area (Å²) in [6.07, 6.45) is 3.22. The van der Waals surface area contributed by atoms with E-state index in [1.165, 1.54) is 6.07 Å². The second-order valence-corrected chi connectivity index (χ2v) is 9.76. The fourth-order valence-corrected chi connectivity index (χ4v) is 5.37. The van der Waals surface area contributed by atoms with Crippen LogP contribution in [0.2, 0.25) is 0 Å². The Balaban J connectivity index is 1.34. The predicted octanol–water partition coefficient (Wildman–Crippen LogP) is 4.19. The minimum atomic E-state index is -0.946. The summed E-state index contributed by atoms with van der Waals surface area (Å²) in [7, 11) is 0. The predicted molar refractivity (Wildman–Crippen MR) is 132 cm³/mol. The van der Waals surface area contributed by atoms with Crippen LogP contribution in [0.5, 0.6) is 5.75 Å². The van der Waals surface area contributed by atoms with Crippen LogP contribution in [-0.4, -0.2) is 40.0 Å². The van der Waals surface area contributed by atoms with Crippen molar-refractivity contribution in [2.45, 2.75) is 45.6 Å². The number of carbonyl (C=O) groups is 2. The van der Waals surface area contributed by atoms with Crippen LogP contribution >= 0.6 is 0 Å². The Morgan fingerprint density at radius 1 is 1.19 bits per heavy atom. The van der Waals surface area contributed by atoms with Crippen LogP contribution < -0.4 is 10.2 Å². The molecule has 36 heavy (non-hydrogen) atoms. The van der Waals surface area contributed by atoms with Gasteiger partial charge in [-0.25, -0.2) is 9.87 Å². The van der Waals surface area contributed by atoms with E-state index in [9.17, 15) is 9.59 Å². The van der Waals surface area contributed by atoms with Gasteiger partial charge in [-0.1, -0.05) is 31.2 Å². The molecule has 1 aliphatic carbocycles. The van der Waals surface area contributed by atoms with Gasteiger partial charge in [-0.2, -0.15) is 0 Å². The SMILES string of the molecule is CCc1cc(COc2ccc(C[C@]3(C(=O)N4CCCC4)C[C@@H]3C(=O)NO)cc2F)c2ccccc2n1. The van der Waals surface area contributed by atoms with Crippen molar-refractivity contribution in [1.82, 2.24) is 15.4 Å². The quantitative estimate of drug-likeness (QED) is 0.364. The number of nitrogens with one attached hydrogen (secondary N) is 1. The fourth-order valence-electron chi connectivity index (χ4n) is 5.37. The number of likely N-dealkylation sites (tertiary alicyclic amines) is 1. The summed E-state index contributed by atoms with van der Waals surface area (Å²) in [5.41, 5.74) is 4.11. The molecule has 2 atom stereocenters. The van der Waals surface area contributed by atoms with Crippen LogP contribution in [0.25, 0.3) is 10.9 Å². The van der Waals surface area contributed by atoms with E-state index in [0.717, 1.165) is 41.4 Å². The fraction of sp³-hybridized carbons (Fsp3) is 0.393. The van der Waals surface area contributed by atoms with Gasteiger partial charge >= 0.3 is 0 Å². The van der Waals surface area contributed by atoms with Crippen LogP contribution in [0.3, 0.4) is 0 Å². The number of ether oxygens (including phenoxy) is 1. The first-order chi connectivity index (χ1) is 17.4. The Morgan fingerprint density at radius 2 is 1.97 bits per heavy atom. The Morgan fingerprint density at radius 3 is 2.69 bits per heavy atom. The van der Waals surface area contributed by atoms with Gasteiger partial charge in [0.05, 0.1) is 16.8 Å². The number of aryl methyl sites for hydroxylation is 1. The van der Waals surface area contributed by atoms with E-state index in [-0.39, 0.29) is 24.7 Å². The first kappa shape index (κ1) is 24.2. The molecule has 2 fully saturated rings. The summed E-state index contributed by atoms with van der Waals surface area (Å²) in [4.78, 5) is 31.8. The molecule has 0 spiro atoms. The molecule has 8 heteroatoms. The number of amides is 2. The molecule has 2 N–H and O–H groups in total. The summed E-state index contributed by atoms with van der Waals surface area (Å²) >= 11 is 0. The van der Waals surface area contributed by atoms with Gasteiger partial charge in [-0.15, -0.1) is 0 Å². The Kier molecular flexibility index (Phi) is 6.62. The molecule has 2 aromatic carbocycles. The minimum Gasteiger partial charge on any atom is -0.486 e. The van der Waals surface area contributed by atoms with Crippen LogP contribution in [0.1, 0.15) is 43.0 Å². The molecule has 0 unspecified atom stereocenters. The van der Waals surface area contributed by atoms with Crippen molar-refractivity contribution in [3.05, 3.63) is 71.2 Å². The zero-order chi connectivity index (χ0) is 25.3. The van der Waals surface area contributed by atoms with Crippen LogP contribution in [0.15, 0.2) is 48.5 Å². The number of rotatable bonds is 8. The van der Waals surface area contributed by atoms with Crippen molar-refractivity contribution in [2.75, 3.05) is 13.1 Å². The molecule has 2 amide bonds. The molecule has 1 saturated carbocycles. The Labute approximate surface area is 209 Å². The monoisotopic (exact) mass is 491 g/mol. The maximum absolute atomic E-state index is 15.1. The van der Waals surface area contributed by atoms with E-state index in [1.807, 2.05) is 37.3 Å². The zero-order valence-electron chi connectivity index (χ0n) is 20.3. The van der Waals surface area contributed by atoms with Crippen molar-refractivity contribution in [3.8, 4) is 5.75 Å². The lowest BCUT2D eigenvalue weighted by molar-refractivity contribution is -0.140. The van der Waals surface area contributed by atoms with E-state index in [1.54, 1.807) is 22.5 Å². The normalized spacial score (nSPS) is 21.0. The summed E-state index contributed by atoms with van der Waals surface area (Å²) in [6.45, 7) is 3.57. The van der Waals surface area contributed by atoms with Crippen molar-refractivity contribution in [1.29, 1.82) is 0 Å². The summed E-state index contributed by atoms with van der Waals surface area (Å²) in [5, 5.41) is 10.1. The van der Waals surface area contributed by atoms with Gasteiger partial charge in [-0.3, -0.25) is 19.8 Å². The molecular weight excluding hydrogens is 461 g/mol. The van der Waals surface area contributed by atoms with Gasteiger partial charge in [0.2, 0.25) is 11.8 Å². The van der Waals surface area contributed by atoms with E-state index >= 15 is 4.39 Å². The zero-order valence-corrected chi connectivity index (χ0v) is 20.3. The number of para-hydroxylation sites is 1. The lowest BCUT2D eigenvalue weighted by Gasteiger charge is -2.24. The van der Waals surface area contributed by atoms with Gasteiger partial charge in [-0.05, 0) is 61.9 Å². The van der Waals surface area contributed by atoms with E-state index in [2.05, 4.69) is 4.98 Å². The highest BCUT2D eigenvalue weighted by atomic mass is 19.1. The number of aromatic nitrogens is 1. The molecule has 1 aromatic heterocycles. The van der Waals surface area contributed by atoms with E-state index in [4.69, 9.17) is 9.94 Å². The van der Waals surface area contributed by atoms with Gasteiger partial charge in [0, 0.05) is 29.7 Å². The second-order valence-electron chi connectivity index (χ2n) is 9.76. The third-order valence-corrected chi connectivity index (χ3v) is 7.44. The Hall–Kier alpha value is -3.52. The standard InChI is InChI=1S/C28H30FN3O4/c1-2-20-14-19(21-7-3-4-8-24(21)30-20)17-36-25-10-9-18(13-23(25)29)15-28(16-22(28)26(33)31-35)27(34)32-11-5-6-12-32/h3-4,7-10,13-14,22,35H,2,5-6,11-12,15-17H2,1H3,(H,31,33)/t22-,28+/m1/s1. The number of fused-ring (bicyclic) bond motifs is 1. The third kappa shape index (κ3) is 4.53. The second kappa shape index (κ2) is 9.85. The molecule has 5 rings (SSSR count). The Bertz CT molecular complexity index is 1310. The van der Waals surface area contributed by atoms with Gasteiger partial charge in [0.1, 0.15) is 6.61 Å². The minimum absolute atomic E-state index is 0.0920. The molecule has 188 valence electrons. The number of nitrogens with zero attached hydrogens (tertiary/aromatic N) is 2. The highest BCUT2D eigenvalue weighted by molar-refractivity contribution is 5.96. The largest absolute Gasteiger partial charge is 0.486 e. The third-order valence-electron chi connectivity index (χ3n) is 7.44. The van der Waals surface area contributed by atoms with Crippen molar-refractivity contribution in [3.63, 3.8) is 0 Å². The summed E-state index contributed by atoms with van der Waals surface area (Å²) < 4.78 is 20.9. The lowest BCUT2D eigenvalue weighted by atomic mass is 9.91.